The van der Waals surface area contributed by atoms with Crippen LogP contribution in [0.15, 0.2) is 94.6 Å². The molecule has 0 radical (unpaired) electrons. The fourth-order valence-corrected chi connectivity index (χ4v) is 12.7. The zero-order chi connectivity index (χ0) is 54.2. The van der Waals surface area contributed by atoms with Crippen LogP contribution in [-0.4, -0.2) is 92.1 Å². The molecule has 2 N–H and O–H groups in total. The van der Waals surface area contributed by atoms with E-state index in [9.17, 15) is 69.8 Å². The number of ether oxygens (including phenoxy) is 1. The number of hydrogen-bond acceptors (Lipinski definition) is 17. The largest absolute Gasteiger partial charge is 0.495 e. The third kappa shape index (κ3) is 13.8. The number of thiazole rings is 2. The first kappa shape index (κ1) is 59.8. The van der Waals surface area contributed by atoms with E-state index in [4.69, 9.17) is 4.74 Å². The minimum atomic E-state index is -5.72. The molecule has 0 unspecified atom stereocenters. The summed E-state index contributed by atoms with van der Waals surface area (Å²) in [5, 5.41) is 5.97. The van der Waals surface area contributed by atoms with Crippen molar-refractivity contribution < 1.29 is 91.1 Å². The Bertz CT molecular complexity index is 3360. The maximum Gasteiger partial charge on any atom is 0.464 e. The monoisotopic (exact) mass is 1220 g/mol. The van der Waals surface area contributed by atoms with Gasteiger partial charge in [0.2, 0.25) is 10.3 Å². The Morgan fingerprint density at radius 3 is 1.64 bits per heavy atom. The van der Waals surface area contributed by atoms with Gasteiger partial charge in [-0.15, -0.1) is 20.5 Å². The predicted molar refractivity (Wildman–Crippen MR) is 262 cm³/mol. The summed E-state index contributed by atoms with van der Waals surface area (Å²) in [5.41, 5.74) is 2.99. The molecule has 0 saturated heterocycles. The molecule has 8 rings (SSSR count). The van der Waals surface area contributed by atoms with E-state index < -0.39 is 71.5 Å². The fraction of sp³-hybridized carbons (Fsp3) is 0.395. The van der Waals surface area contributed by atoms with Crippen LogP contribution in [0.2, 0.25) is 0 Å². The Morgan fingerprint density at radius 1 is 0.693 bits per heavy atom. The maximum absolute atomic E-state index is 13.4. The van der Waals surface area contributed by atoms with Gasteiger partial charge in [0.1, 0.15) is 26.9 Å². The number of benzene rings is 4. The standard InChI is InChI=1S/C22H23F5N4O4S3.C21H17F5N4O3S3.Ni/c1-4-8-31(9-5-2)16-12-19(38(32,33)34)15(11-17(16)35-3)29-30-20-28-14-7-6-13(10-18(14)36-20)37-22(26,27)21(23,24)25;22-20(23,24)21(25,26)35-12-5-6-14-16(10-12)34-19(27-14)29-28-15-9-11-3-1-7-30-8-2-4-13(17(11)30)18(15)36(31,32)33;/h6-7,10-12H,4-5,8-9H2,1-3H3,(H,32,33,34);5-6,9-10H,1-4,7-8H2,(H,31,32,33);. The molecule has 0 saturated carbocycles. The van der Waals surface area contributed by atoms with Crippen LogP contribution in [0.25, 0.3) is 20.4 Å². The number of thioether (sulfide) groups is 2. The van der Waals surface area contributed by atoms with Gasteiger partial charge in [-0.05, 0) is 122 Å². The van der Waals surface area contributed by atoms with Crippen LogP contribution in [0.3, 0.4) is 0 Å². The van der Waals surface area contributed by atoms with Crippen LogP contribution < -0.4 is 14.5 Å². The van der Waals surface area contributed by atoms with E-state index in [0.717, 1.165) is 103 Å². The molecule has 2 aromatic heterocycles. The van der Waals surface area contributed by atoms with Crippen molar-refractivity contribution in [1.29, 1.82) is 0 Å². The number of halogens is 10. The molecule has 2 aliphatic rings. The summed E-state index contributed by atoms with van der Waals surface area (Å²) in [6.45, 7) is 6.74. The van der Waals surface area contributed by atoms with E-state index in [1.165, 1.54) is 31.4 Å². The molecule has 0 amide bonds. The molecule has 0 atom stereocenters. The molecule has 0 spiro atoms. The fourth-order valence-electron chi connectivity index (χ4n) is 7.91. The number of rotatable bonds is 16. The van der Waals surface area contributed by atoms with Gasteiger partial charge in [-0.25, -0.2) is 9.97 Å². The van der Waals surface area contributed by atoms with Crippen molar-refractivity contribution in [1.82, 2.24) is 9.97 Å². The molecule has 4 aromatic carbocycles. The Hall–Kier alpha value is -4.43. The van der Waals surface area contributed by atoms with E-state index in [1.54, 1.807) is 6.07 Å². The number of anilines is 2. The number of nitrogens with zero attached hydrogens (tertiary/aromatic N) is 8. The second kappa shape index (κ2) is 23.3. The summed E-state index contributed by atoms with van der Waals surface area (Å²) in [6, 6.07) is 11.1. The third-order valence-electron chi connectivity index (χ3n) is 10.9. The zero-order valence-corrected chi connectivity index (χ0v) is 44.7. The molecule has 0 fully saturated rings. The van der Waals surface area contributed by atoms with Gasteiger partial charge in [-0.3, -0.25) is 9.11 Å². The minimum absolute atomic E-state index is 0. The van der Waals surface area contributed by atoms with Crippen LogP contribution in [0.4, 0.5) is 76.9 Å². The van der Waals surface area contributed by atoms with Crippen molar-refractivity contribution >= 4 is 120 Å². The van der Waals surface area contributed by atoms with E-state index in [-0.39, 0.29) is 63.0 Å². The molecule has 75 heavy (non-hydrogen) atoms. The molecule has 15 nitrogen and oxygen atoms in total. The molecule has 32 heteroatoms. The summed E-state index contributed by atoms with van der Waals surface area (Å²) >= 11 is 0.486. The Balaban J connectivity index is 0.000000241. The molecule has 0 aliphatic carbocycles. The molecular weight excluding hydrogens is 1180 g/mol. The van der Waals surface area contributed by atoms with Crippen LogP contribution in [0, 0.1) is 0 Å². The second-order valence-corrected chi connectivity index (χ2v) is 23.4. The SMILES string of the molecule is CCCN(CCC)c1cc(S(=O)(=O)O)c(N=Nc2nc3ccc(SC(F)(F)C(F)(F)F)cc3s2)cc1OC.O=S(=O)(O)c1c(N=Nc2nc3ccc(SC(F)(F)C(F)(F)F)cc3s2)cc2c3c1CCCN3CCC2.[Ni]. The maximum atomic E-state index is 13.4. The summed E-state index contributed by atoms with van der Waals surface area (Å²) in [4.78, 5) is 10.9. The van der Waals surface area contributed by atoms with Crippen molar-refractivity contribution in [2.75, 3.05) is 43.1 Å². The number of azo groups is 2. The Kier molecular flexibility index (Phi) is 18.6. The third-order valence-corrected chi connectivity index (χ3v) is 16.5. The summed E-state index contributed by atoms with van der Waals surface area (Å²) < 4.78 is 204. The van der Waals surface area contributed by atoms with Gasteiger partial charge < -0.3 is 14.5 Å². The minimum Gasteiger partial charge on any atom is -0.495 e. The first-order valence-corrected chi connectivity index (χ1v) is 28.0. The molecule has 0 bridgehead atoms. The van der Waals surface area contributed by atoms with Crippen molar-refractivity contribution in [2.45, 2.75) is 94.8 Å². The van der Waals surface area contributed by atoms with E-state index in [1.807, 2.05) is 18.7 Å². The molecule has 6 aromatic rings. The normalized spacial score (nSPS) is 14.6. The quantitative estimate of drug-likeness (QED) is 0.0305. The van der Waals surface area contributed by atoms with Gasteiger partial charge in [-0.2, -0.15) is 60.7 Å². The van der Waals surface area contributed by atoms with E-state index >= 15 is 0 Å². The molecule has 410 valence electrons. The Morgan fingerprint density at radius 2 is 1.19 bits per heavy atom. The van der Waals surface area contributed by atoms with E-state index in [0.29, 0.717) is 46.7 Å². The van der Waals surface area contributed by atoms with Crippen molar-refractivity contribution in [2.24, 2.45) is 20.5 Å². The van der Waals surface area contributed by atoms with Gasteiger partial charge in [0.15, 0.2) is 0 Å². The summed E-state index contributed by atoms with van der Waals surface area (Å²) in [6.07, 6.45) is -7.07. The van der Waals surface area contributed by atoms with Gasteiger partial charge in [0.25, 0.3) is 20.2 Å². The smallest absolute Gasteiger partial charge is 0.464 e. The molecule has 2 aliphatic heterocycles. The summed E-state index contributed by atoms with van der Waals surface area (Å²) in [7, 11) is -7.96. The average Bonchev–Trinajstić information content (AvgIpc) is 3.91. The number of aryl methyl sites for hydroxylation is 1. The molecule has 4 heterocycles. The van der Waals surface area contributed by atoms with Crippen LogP contribution in [0.5, 0.6) is 5.75 Å². The molecular formula is C43H40F10N8NiO7S6. The van der Waals surface area contributed by atoms with Gasteiger partial charge in [-0.1, -0.05) is 36.5 Å². The average molecular weight is 1220 g/mol. The number of aromatic nitrogens is 2. The number of methoxy groups -OCH3 is 1. The number of hydrogen-bond donors (Lipinski definition) is 2. The second-order valence-electron chi connectivity index (χ2n) is 16.2. The van der Waals surface area contributed by atoms with E-state index in [2.05, 4.69) is 35.3 Å². The van der Waals surface area contributed by atoms with Crippen molar-refractivity contribution in [3.63, 3.8) is 0 Å². The first-order chi connectivity index (χ1) is 34.5. The zero-order valence-electron chi connectivity index (χ0n) is 38.8. The Labute approximate surface area is 448 Å². The number of fused-ring (bicyclic) bond motifs is 2. The predicted octanol–water partition coefficient (Wildman–Crippen LogP) is 14.7. The van der Waals surface area contributed by atoms with Crippen LogP contribution >= 0.6 is 46.2 Å². The van der Waals surface area contributed by atoms with Crippen molar-refractivity contribution in [3.05, 3.63) is 65.7 Å². The topological polar surface area (TPSA) is 200 Å². The van der Waals surface area contributed by atoms with Gasteiger partial charge >= 0.3 is 22.9 Å². The van der Waals surface area contributed by atoms with Crippen LogP contribution in [0.1, 0.15) is 50.7 Å². The van der Waals surface area contributed by atoms with Crippen LogP contribution in [-0.2, 0) is 49.6 Å². The first-order valence-electron chi connectivity index (χ1n) is 21.8. The van der Waals surface area contributed by atoms with Gasteiger partial charge in [0.05, 0.1) is 33.2 Å². The number of alkyl halides is 10. The van der Waals surface area contributed by atoms with Gasteiger partial charge in [0, 0.05) is 64.2 Å². The summed E-state index contributed by atoms with van der Waals surface area (Å²) in [5.74, 6) is 0.296. The van der Waals surface area contributed by atoms with Crippen molar-refractivity contribution in [3.8, 4) is 5.75 Å².